The first-order valence-electron chi connectivity index (χ1n) is 9.60. The van der Waals surface area contributed by atoms with Crippen molar-refractivity contribution < 1.29 is 9.59 Å². The van der Waals surface area contributed by atoms with Crippen molar-refractivity contribution in [1.82, 2.24) is 14.9 Å². The molecular formula is C21H27N5O2. The summed E-state index contributed by atoms with van der Waals surface area (Å²) >= 11 is 0. The molecular weight excluding hydrogens is 354 g/mol. The molecule has 2 heterocycles. The Morgan fingerprint density at radius 3 is 2.50 bits per heavy atom. The molecule has 1 aliphatic rings. The molecule has 1 aromatic carbocycles. The first-order chi connectivity index (χ1) is 13.4. The Labute approximate surface area is 165 Å². The quantitative estimate of drug-likeness (QED) is 0.806. The third-order valence-corrected chi connectivity index (χ3v) is 5.01. The first-order valence-corrected chi connectivity index (χ1v) is 9.60. The van der Waals surface area contributed by atoms with Gasteiger partial charge in [0.15, 0.2) is 0 Å². The van der Waals surface area contributed by atoms with Crippen molar-refractivity contribution in [2.75, 3.05) is 36.4 Å². The highest BCUT2D eigenvalue weighted by molar-refractivity contribution is 6.04. The lowest BCUT2D eigenvalue weighted by atomic mass is 9.98. The van der Waals surface area contributed by atoms with E-state index in [0.717, 1.165) is 29.0 Å². The minimum atomic E-state index is -0.241. The molecule has 0 spiro atoms. The van der Waals surface area contributed by atoms with Crippen LogP contribution in [0.1, 0.15) is 47.2 Å². The first kappa shape index (κ1) is 19.8. The molecule has 1 N–H and O–H groups in total. The van der Waals surface area contributed by atoms with Gasteiger partial charge >= 0.3 is 0 Å². The molecule has 2 aromatic rings. The van der Waals surface area contributed by atoms with Gasteiger partial charge in [0.05, 0.1) is 0 Å². The highest BCUT2D eigenvalue weighted by Gasteiger charge is 2.20. The van der Waals surface area contributed by atoms with Crippen molar-refractivity contribution in [3.05, 3.63) is 46.9 Å². The van der Waals surface area contributed by atoms with Crippen molar-refractivity contribution in [3.8, 4) is 0 Å². The number of aryl methyl sites for hydroxylation is 2. The number of amides is 2. The molecule has 1 aromatic heterocycles. The van der Waals surface area contributed by atoms with E-state index < -0.39 is 0 Å². The van der Waals surface area contributed by atoms with Gasteiger partial charge < -0.3 is 15.1 Å². The second-order valence-electron chi connectivity index (χ2n) is 7.43. The largest absolute Gasteiger partial charge is 0.353 e. The smallest absolute Gasteiger partial charge is 0.274 e. The zero-order valence-corrected chi connectivity index (χ0v) is 16.9. The third kappa shape index (κ3) is 4.30. The van der Waals surface area contributed by atoms with Gasteiger partial charge in [-0.3, -0.25) is 9.59 Å². The predicted octanol–water partition coefficient (Wildman–Crippen LogP) is 2.75. The van der Waals surface area contributed by atoms with Crippen LogP contribution in [-0.4, -0.2) is 53.4 Å². The fourth-order valence-corrected chi connectivity index (χ4v) is 3.41. The fraction of sp³-hybridized carbons (Fsp3) is 0.429. The molecule has 3 rings (SSSR count). The van der Waals surface area contributed by atoms with Gasteiger partial charge in [-0.1, -0.05) is 32.0 Å². The topological polar surface area (TPSA) is 78.4 Å². The maximum atomic E-state index is 13.0. The molecule has 0 atom stereocenters. The van der Waals surface area contributed by atoms with Crippen LogP contribution in [-0.2, 0) is 4.79 Å². The van der Waals surface area contributed by atoms with E-state index >= 15 is 0 Å². The Morgan fingerprint density at radius 2 is 1.86 bits per heavy atom. The third-order valence-electron chi connectivity index (χ3n) is 5.01. The summed E-state index contributed by atoms with van der Waals surface area (Å²) < 4.78 is 0. The number of carbonyl (C=O) groups excluding carboxylic acids is 2. The summed E-state index contributed by atoms with van der Waals surface area (Å²) in [6, 6.07) is 7.76. The number of carbonyl (C=O) groups is 2. The van der Waals surface area contributed by atoms with E-state index in [9.17, 15) is 9.59 Å². The predicted molar refractivity (Wildman–Crippen MR) is 110 cm³/mol. The van der Waals surface area contributed by atoms with E-state index in [1.807, 2.05) is 25.1 Å². The van der Waals surface area contributed by atoms with E-state index in [-0.39, 0.29) is 5.91 Å². The Hall–Kier alpha value is -2.96. The summed E-state index contributed by atoms with van der Waals surface area (Å²) in [7, 11) is 0. The molecule has 0 bridgehead atoms. The minimum absolute atomic E-state index is 0.241. The van der Waals surface area contributed by atoms with Crippen LogP contribution in [0.5, 0.6) is 0 Å². The lowest BCUT2D eigenvalue weighted by Crippen LogP contribution is -2.46. The van der Waals surface area contributed by atoms with Crippen molar-refractivity contribution in [3.63, 3.8) is 0 Å². The van der Waals surface area contributed by atoms with Gasteiger partial charge in [0, 0.05) is 37.9 Å². The average Bonchev–Trinajstić information content (AvgIpc) is 2.68. The molecule has 1 saturated heterocycles. The molecule has 1 aliphatic heterocycles. The number of anilines is 2. The van der Waals surface area contributed by atoms with Gasteiger partial charge in [-0.2, -0.15) is 0 Å². The summed E-state index contributed by atoms with van der Waals surface area (Å²) in [6.07, 6.45) is 0.871. The second kappa shape index (κ2) is 8.37. The Balaban J connectivity index is 1.84. The summed E-state index contributed by atoms with van der Waals surface area (Å²) in [5.41, 5.74) is 3.32. The van der Waals surface area contributed by atoms with Crippen LogP contribution in [0.4, 0.5) is 11.5 Å². The van der Waals surface area contributed by atoms with Crippen molar-refractivity contribution in [1.29, 1.82) is 0 Å². The van der Waals surface area contributed by atoms with Crippen LogP contribution in [0.2, 0.25) is 0 Å². The van der Waals surface area contributed by atoms with Crippen molar-refractivity contribution >= 4 is 23.8 Å². The number of hydrogen-bond donors (Lipinski definition) is 1. The van der Waals surface area contributed by atoms with E-state index in [1.165, 1.54) is 0 Å². The second-order valence-corrected chi connectivity index (χ2v) is 7.43. The number of nitrogens with zero attached hydrogens (tertiary/aromatic N) is 4. The van der Waals surface area contributed by atoms with Crippen molar-refractivity contribution in [2.24, 2.45) is 0 Å². The zero-order valence-electron chi connectivity index (χ0n) is 16.9. The SMILES string of the molecule is Cc1nc(C(=O)Nc2c(C)cccc2C(C)C)cc(N2CCN(C=O)CC2)n1. The normalized spacial score (nSPS) is 14.3. The average molecular weight is 381 g/mol. The molecule has 2 amide bonds. The number of rotatable bonds is 5. The van der Waals surface area contributed by atoms with Crippen LogP contribution in [0, 0.1) is 13.8 Å². The lowest BCUT2D eigenvalue weighted by molar-refractivity contribution is -0.118. The Bertz CT molecular complexity index is 873. The fourth-order valence-electron chi connectivity index (χ4n) is 3.41. The summed E-state index contributed by atoms with van der Waals surface area (Å²) in [5, 5.41) is 3.05. The summed E-state index contributed by atoms with van der Waals surface area (Å²) in [6.45, 7) is 10.7. The molecule has 0 radical (unpaired) electrons. The van der Waals surface area contributed by atoms with Gasteiger partial charge in [0.1, 0.15) is 17.3 Å². The van der Waals surface area contributed by atoms with Gasteiger partial charge in [-0.05, 0) is 30.9 Å². The van der Waals surface area contributed by atoms with Crippen LogP contribution in [0.15, 0.2) is 24.3 Å². The molecule has 7 nitrogen and oxygen atoms in total. The molecule has 0 unspecified atom stereocenters. The highest BCUT2D eigenvalue weighted by atomic mass is 16.2. The molecule has 7 heteroatoms. The molecule has 0 aliphatic carbocycles. The monoisotopic (exact) mass is 381 g/mol. The maximum absolute atomic E-state index is 13.0. The summed E-state index contributed by atoms with van der Waals surface area (Å²) in [4.78, 5) is 36.5. The number of benzene rings is 1. The maximum Gasteiger partial charge on any atom is 0.274 e. The molecule has 148 valence electrons. The van der Waals surface area contributed by atoms with Crippen molar-refractivity contribution in [2.45, 2.75) is 33.6 Å². The van der Waals surface area contributed by atoms with Gasteiger partial charge in [-0.25, -0.2) is 9.97 Å². The van der Waals surface area contributed by atoms with Gasteiger partial charge in [0.25, 0.3) is 5.91 Å². The van der Waals surface area contributed by atoms with E-state index in [2.05, 4.69) is 34.0 Å². The number of aromatic nitrogens is 2. The standard InChI is InChI=1S/C21H27N5O2/c1-14(2)17-7-5-6-15(3)20(17)24-21(28)18-12-19(23-16(4)22-18)26-10-8-25(13-27)9-11-26/h5-7,12-14H,8-11H2,1-4H3,(H,24,28). The number of nitrogens with one attached hydrogen (secondary N) is 1. The minimum Gasteiger partial charge on any atom is -0.353 e. The van der Waals surface area contributed by atoms with E-state index in [4.69, 9.17) is 0 Å². The van der Waals surface area contributed by atoms with Crippen LogP contribution in [0.3, 0.4) is 0 Å². The number of para-hydroxylation sites is 1. The van der Waals surface area contributed by atoms with Gasteiger partial charge in [-0.15, -0.1) is 0 Å². The van der Waals surface area contributed by atoms with E-state index in [1.54, 1.807) is 17.9 Å². The summed E-state index contributed by atoms with van der Waals surface area (Å²) in [5.74, 6) is 1.33. The Morgan fingerprint density at radius 1 is 1.14 bits per heavy atom. The number of piperazine rings is 1. The Kier molecular flexibility index (Phi) is 5.92. The van der Waals surface area contributed by atoms with Crippen LogP contribution >= 0.6 is 0 Å². The number of hydrogen-bond acceptors (Lipinski definition) is 5. The molecule has 28 heavy (non-hydrogen) atoms. The van der Waals surface area contributed by atoms with Gasteiger partial charge in [0.2, 0.25) is 6.41 Å². The van der Waals surface area contributed by atoms with Crippen LogP contribution < -0.4 is 10.2 Å². The molecule has 0 saturated carbocycles. The lowest BCUT2D eigenvalue weighted by Gasteiger charge is -2.33. The molecule has 1 fully saturated rings. The zero-order chi connectivity index (χ0) is 20.3. The highest BCUT2D eigenvalue weighted by Crippen LogP contribution is 2.28. The van der Waals surface area contributed by atoms with E-state index in [0.29, 0.717) is 43.6 Å². The van der Waals surface area contributed by atoms with Crippen LogP contribution in [0.25, 0.3) is 0 Å².